The van der Waals surface area contributed by atoms with Crippen LogP contribution in [0.25, 0.3) is 22.6 Å². The Labute approximate surface area is 124 Å². The first kappa shape index (κ1) is 13.5. The normalized spacial score (nSPS) is 10.7. The second-order valence-corrected chi connectivity index (χ2v) is 4.88. The molecule has 0 aliphatic heterocycles. The van der Waals surface area contributed by atoms with E-state index in [0.29, 0.717) is 6.54 Å². The van der Waals surface area contributed by atoms with E-state index >= 15 is 0 Å². The molecule has 106 valence electrons. The van der Waals surface area contributed by atoms with Crippen LogP contribution in [0.3, 0.4) is 0 Å². The van der Waals surface area contributed by atoms with Gasteiger partial charge in [0.15, 0.2) is 0 Å². The standard InChI is InChI=1S/C17H18N4/c18-9-3-12-21-13-11-20-17(21)15-7-5-14(6-8-15)16-4-1-2-10-19-16/h1-2,4-8,10-11,13H,3,9,12,18H2. The number of nitrogens with two attached hydrogens (primary N) is 1. The molecule has 0 saturated carbocycles. The van der Waals surface area contributed by atoms with Crippen LogP contribution in [0, 0.1) is 0 Å². The highest BCUT2D eigenvalue weighted by Gasteiger charge is 2.06. The first-order valence-electron chi connectivity index (χ1n) is 7.11. The molecular formula is C17H18N4. The lowest BCUT2D eigenvalue weighted by Gasteiger charge is -2.08. The van der Waals surface area contributed by atoms with Gasteiger partial charge in [0, 0.05) is 36.3 Å². The predicted molar refractivity (Wildman–Crippen MR) is 84.6 cm³/mol. The average molecular weight is 278 g/mol. The Morgan fingerprint density at radius 1 is 0.905 bits per heavy atom. The van der Waals surface area contributed by atoms with Gasteiger partial charge >= 0.3 is 0 Å². The van der Waals surface area contributed by atoms with Crippen LogP contribution in [0.15, 0.2) is 61.1 Å². The van der Waals surface area contributed by atoms with Crippen molar-refractivity contribution < 1.29 is 0 Å². The monoisotopic (exact) mass is 278 g/mol. The molecule has 0 spiro atoms. The van der Waals surface area contributed by atoms with Gasteiger partial charge in [0.05, 0.1) is 5.69 Å². The van der Waals surface area contributed by atoms with Crippen LogP contribution in [0.1, 0.15) is 6.42 Å². The number of hydrogen-bond donors (Lipinski definition) is 1. The maximum absolute atomic E-state index is 5.58. The lowest BCUT2D eigenvalue weighted by molar-refractivity contribution is 0.656. The lowest BCUT2D eigenvalue weighted by atomic mass is 10.1. The Morgan fingerprint density at radius 2 is 1.71 bits per heavy atom. The summed E-state index contributed by atoms with van der Waals surface area (Å²) in [5.41, 5.74) is 8.78. The van der Waals surface area contributed by atoms with E-state index in [1.165, 1.54) is 0 Å². The Balaban J connectivity index is 1.86. The minimum absolute atomic E-state index is 0.691. The van der Waals surface area contributed by atoms with Crippen molar-refractivity contribution in [2.45, 2.75) is 13.0 Å². The number of imidazole rings is 1. The van der Waals surface area contributed by atoms with E-state index in [1.807, 2.05) is 36.8 Å². The summed E-state index contributed by atoms with van der Waals surface area (Å²) >= 11 is 0. The van der Waals surface area contributed by atoms with Gasteiger partial charge in [0.2, 0.25) is 0 Å². The number of nitrogens with zero attached hydrogens (tertiary/aromatic N) is 3. The van der Waals surface area contributed by atoms with Gasteiger partial charge in [-0.1, -0.05) is 30.3 Å². The Bertz CT molecular complexity index is 686. The average Bonchev–Trinajstić information content (AvgIpc) is 3.02. The van der Waals surface area contributed by atoms with E-state index in [2.05, 4.69) is 38.8 Å². The van der Waals surface area contributed by atoms with E-state index in [0.717, 1.165) is 35.6 Å². The molecule has 3 rings (SSSR count). The molecule has 1 aromatic carbocycles. The molecule has 2 N–H and O–H groups in total. The van der Waals surface area contributed by atoms with Crippen molar-refractivity contribution in [1.29, 1.82) is 0 Å². The van der Waals surface area contributed by atoms with Crippen molar-refractivity contribution in [3.63, 3.8) is 0 Å². The van der Waals surface area contributed by atoms with Gasteiger partial charge in [0.1, 0.15) is 5.82 Å². The third kappa shape index (κ3) is 3.01. The van der Waals surface area contributed by atoms with Crippen LogP contribution in [0.5, 0.6) is 0 Å². The van der Waals surface area contributed by atoms with Gasteiger partial charge in [0.25, 0.3) is 0 Å². The summed E-state index contributed by atoms with van der Waals surface area (Å²) in [7, 11) is 0. The number of aryl methyl sites for hydroxylation is 1. The quantitative estimate of drug-likeness (QED) is 0.780. The third-order valence-electron chi connectivity index (χ3n) is 3.42. The summed E-state index contributed by atoms with van der Waals surface area (Å²) < 4.78 is 2.14. The van der Waals surface area contributed by atoms with Gasteiger partial charge in [-0.15, -0.1) is 0 Å². The Hall–Kier alpha value is -2.46. The van der Waals surface area contributed by atoms with Crippen molar-refractivity contribution in [2.75, 3.05) is 6.54 Å². The van der Waals surface area contributed by atoms with Crippen LogP contribution < -0.4 is 5.73 Å². The van der Waals surface area contributed by atoms with Crippen LogP contribution in [0.2, 0.25) is 0 Å². The first-order valence-corrected chi connectivity index (χ1v) is 7.11. The predicted octanol–water partition coefficient (Wildman–Crippen LogP) is 2.96. The molecule has 0 amide bonds. The molecule has 3 aromatic rings. The first-order chi connectivity index (χ1) is 10.4. The lowest BCUT2D eigenvalue weighted by Crippen LogP contribution is -2.06. The summed E-state index contributed by atoms with van der Waals surface area (Å²) in [6, 6.07) is 14.3. The molecule has 0 atom stereocenters. The molecular weight excluding hydrogens is 260 g/mol. The van der Waals surface area contributed by atoms with Gasteiger partial charge in [-0.2, -0.15) is 0 Å². The molecule has 2 heterocycles. The zero-order valence-corrected chi connectivity index (χ0v) is 11.8. The third-order valence-corrected chi connectivity index (χ3v) is 3.42. The molecule has 0 bridgehead atoms. The fraction of sp³-hybridized carbons (Fsp3) is 0.176. The van der Waals surface area contributed by atoms with Gasteiger partial charge < -0.3 is 10.3 Å². The van der Waals surface area contributed by atoms with E-state index in [9.17, 15) is 0 Å². The Morgan fingerprint density at radius 3 is 2.43 bits per heavy atom. The molecule has 4 nitrogen and oxygen atoms in total. The van der Waals surface area contributed by atoms with E-state index in [1.54, 1.807) is 0 Å². The molecule has 0 fully saturated rings. The van der Waals surface area contributed by atoms with Crippen molar-refractivity contribution >= 4 is 0 Å². The van der Waals surface area contributed by atoms with Crippen LogP contribution >= 0.6 is 0 Å². The summed E-state index contributed by atoms with van der Waals surface area (Å²) in [5, 5.41) is 0. The summed E-state index contributed by atoms with van der Waals surface area (Å²) in [6.07, 6.45) is 6.59. The zero-order chi connectivity index (χ0) is 14.5. The van der Waals surface area contributed by atoms with Gasteiger partial charge in [-0.05, 0) is 25.1 Å². The van der Waals surface area contributed by atoms with Crippen LogP contribution in [-0.4, -0.2) is 21.1 Å². The van der Waals surface area contributed by atoms with Crippen LogP contribution in [-0.2, 0) is 6.54 Å². The fourth-order valence-corrected chi connectivity index (χ4v) is 2.34. The van der Waals surface area contributed by atoms with Gasteiger partial charge in [-0.25, -0.2) is 4.98 Å². The number of pyridine rings is 1. The van der Waals surface area contributed by atoms with Crippen molar-refractivity contribution in [2.24, 2.45) is 5.73 Å². The number of benzene rings is 1. The highest BCUT2D eigenvalue weighted by molar-refractivity contribution is 5.65. The molecule has 2 aromatic heterocycles. The SMILES string of the molecule is NCCCn1ccnc1-c1ccc(-c2ccccn2)cc1. The molecule has 0 unspecified atom stereocenters. The number of aromatic nitrogens is 3. The van der Waals surface area contributed by atoms with Crippen molar-refractivity contribution in [3.8, 4) is 22.6 Å². The highest BCUT2D eigenvalue weighted by atomic mass is 15.1. The minimum atomic E-state index is 0.691. The summed E-state index contributed by atoms with van der Waals surface area (Å²) in [4.78, 5) is 8.81. The maximum Gasteiger partial charge on any atom is 0.139 e. The van der Waals surface area contributed by atoms with Crippen LogP contribution in [0.4, 0.5) is 0 Å². The molecule has 0 radical (unpaired) electrons. The minimum Gasteiger partial charge on any atom is -0.331 e. The molecule has 21 heavy (non-hydrogen) atoms. The Kier molecular flexibility index (Phi) is 4.07. The summed E-state index contributed by atoms with van der Waals surface area (Å²) in [6.45, 7) is 1.59. The maximum atomic E-state index is 5.58. The highest BCUT2D eigenvalue weighted by Crippen LogP contribution is 2.22. The second kappa shape index (κ2) is 6.33. The van der Waals surface area contributed by atoms with Crippen molar-refractivity contribution in [1.82, 2.24) is 14.5 Å². The largest absolute Gasteiger partial charge is 0.331 e. The molecule has 0 aliphatic rings. The molecule has 0 aliphatic carbocycles. The number of hydrogen-bond acceptors (Lipinski definition) is 3. The smallest absolute Gasteiger partial charge is 0.139 e. The molecule has 0 saturated heterocycles. The van der Waals surface area contributed by atoms with E-state index < -0.39 is 0 Å². The van der Waals surface area contributed by atoms with Gasteiger partial charge in [-0.3, -0.25) is 4.98 Å². The van der Waals surface area contributed by atoms with E-state index in [4.69, 9.17) is 5.73 Å². The van der Waals surface area contributed by atoms with E-state index in [-0.39, 0.29) is 0 Å². The fourth-order valence-electron chi connectivity index (χ4n) is 2.34. The number of rotatable bonds is 5. The molecule has 4 heteroatoms. The van der Waals surface area contributed by atoms with Crippen molar-refractivity contribution in [3.05, 3.63) is 61.1 Å². The summed E-state index contributed by atoms with van der Waals surface area (Å²) in [5.74, 6) is 0.982. The topological polar surface area (TPSA) is 56.7 Å². The zero-order valence-electron chi connectivity index (χ0n) is 11.8. The second-order valence-electron chi connectivity index (χ2n) is 4.88.